The number of nitrogens with one attached hydrogen (secondary N) is 2. The molecule has 0 fully saturated rings. The monoisotopic (exact) mass is 326 g/mol. The largest absolute Gasteiger partial charge is 0.352 e. The number of carbonyl (C=O) groups excluding carboxylic acids is 2. The van der Waals surface area contributed by atoms with Crippen LogP contribution in [0.3, 0.4) is 0 Å². The highest BCUT2D eigenvalue weighted by molar-refractivity contribution is 5.96. The van der Waals surface area contributed by atoms with E-state index >= 15 is 0 Å². The molecule has 1 aromatic heterocycles. The number of aromatic nitrogens is 2. The van der Waals surface area contributed by atoms with E-state index < -0.39 is 0 Å². The second-order valence-electron chi connectivity index (χ2n) is 6.31. The second kappa shape index (κ2) is 7.29. The van der Waals surface area contributed by atoms with Crippen LogP contribution in [0.4, 0.5) is 5.69 Å². The molecule has 0 saturated carbocycles. The van der Waals surface area contributed by atoms with Gasteiger partial charge in [-0.1, -0.05) is 18.2 Å². The summed E-state index contributed by atoms with van der Waals surface area (Å²) in [6.45, 7) is 2.64. The summed E-state index contributed by atoms with van der Waals surface area (Å²) >= 11 is 0. The van der Waals surface area contributed by atoms with Crippen LogP contribution in [0.2, 0.25) is 0 Å². The molecule has 6 heteroatoms. The highest BCUT2D eigenvalue weighted by Crippen LogP contribution is 2.27. The van der Waals surface area contributed by atoms with E-state index in [2.05, 4.69) is 15.6 Å². The first kappa shape index (κ1) is 16.2. The number of benzene rings is 1. The molecule has 2 atom stereocenters. The van der Waals surface area contributed by atoms with Crippen molar-refractivity contribution in [3.8, 4) is 0 Å². The lowest BCUT2D eigenvalue weighted by molar-refractivity contribution is -0.123. The molecule has 1 aliphatic heterocycles. The van der Waals surface area contributed by atoms with Gasteiger partial charge in [0.15, 0.2) is 0 Å². The van der Waals surface area contributed by atoms with Crippen LogP contribution in [0.25, 0.3) is 0 Å². The summed E-state index contributed by atoms with van der Waals surface area (Å²) in [5.74, 6) is -0.156. The zero-order chi connectivity index (χ0) is 16.9. The Morgan fingerprint density at radius 1 is 1.46 bits per heavy atom. The molecule has 1 aromatic carbocycles. The molecule has 0 aliphatic carbocycles. The maximum Gasteiger partial charge on any atom is 0.227 e. The summed E-state index contributed by atoms with van der Waals surface area (Å²) < 4.78 is 1.93. The van der Waals surface area contributed by atoms with Gasteiger partial charge in [0, 0.05) is 43.0 Å². The SMILES string of the molecule is CC(Cn1ccnc1)NC(=O)CCC1Cc2ccccc2NC1=O. The molecule has 3 rings (SSSR count). The number of hydrogen-bond acceptors (Lipinski definition) is 3. The van der Waals surface area contributed by atoms with E-state index in [9.17, 15) is 9.59 Å². The molecular formula is C18H22N4O2. The average Bonchev–Trinajstić information content (AvgIpc) is 3.05. The first-order chi connectivity index (χ1) is 11.6. The van der Waals surface area contributed by atoms with Crippen LogP contribution < -0.4 is 10.6 Å². The Bertz CT molecular complexity index is 712. The highest BCUT2D eigenvalue weighted by Gasteiger charge is 2.26. The summed E-state index contributed by atoms with van der Waals surface area (Å²) in [7, 11) is 0. The number of imidazole rings is 1. The number of carbonyl (C=O) groups is 2. The second-order valence-corrected chi connectivity index (χ2v) is 6.31. The van der Waals surface area contributed by atoms with Crippen LogP contribution in [-0.4, -0.2) is 27.4 Å². The quantitative estimate of drug-likeness (QED) is 0.852. The normalized spacial score (nSPS) is 17.7. The highest BCUT2D eigenvalue weighted by atomic mass is 16.2. The van der Waals surface area contributed by atoms with Gasteiger partial charge < -0.3 is 15.2 Å². The Balaban J connectivity index is 1.47. The first-order valence-corrected chi connectivity index (χ1v) is 8.25. The molecular weight excluding hydrogens is 304 g/mol. The third-order valence-corrected chi connectivity index (χ3v) is 4.28. The van der Waals surface area contributed by atoms with E-state index in [0.29, 0.717) is 25.8 Å². The molecule has 1 aliphatic rings. The van der Waals surface area contributed by atoms with Crippen molar-refractivity contribution in [2.24, 2.45) is 5.92 Å². The van der Waals surface area contributed by atoms with Crippen molar-refractivity contribution in [1.29, 1.82) is 0 Å². The summed E-state index contributed by atoms with van der Waals surface area (Å²) in [5, 5.41) is 5.90. The topological polar surface area (TPSA) is 76.0 Å². The lowest BCUT2D eigenvalue weighted by atomic mass is 9.89. The third kappa shape index (κ3) is 4.01. The van der Waals surface area contributed by atoms with Crippen molar-refractivity contribution in [2.75, 3.05) is 5.32 Å². The van der Waals surface area contributed by atoms with E-state index in [1.54, 1.807) is 12.5 Å². The fourth-order valence-corrected chi connectivity index (χ4v) is 3.06. The fourth-order valence-electron chi connectivity index (χ4n) is 3.06. The van der Waals surface area contributed by atoms with Crippen LogP contribution in [0.1, 0.15) is 25.3 Å². The molecule has 0 radical (unpaired) electrons. The van der Waals surface area contributed by atoms with E-state index in [1.165, 1.54) is 0 Å². The number of rotatable bonds is 6. The smallest absolute Gasteiger partial charge is 0.227 e. The molecule has 2 N–H and O–H groups in total. The predicted molar refractivity (Wildman–Crippen MR) is 91.3 cm³/mol. The number of nitrogens with zero attached hydrogens (tertiary/aromatic N) is 2. The molecule has 0 saturated heterocycles. The van der Waals surface area contributed by atoms with E-state index in [4.69, 9.17) is 0 Å². The molecule has 2 amide bonds. The van der Waals surface area contributed by atoms with Crippen molar-refractivity contribution >= 4 is 17.5 Å². The molecule has 2 heterocycles. The lowest BCUT2D eigenvalue weighted by Gasteiger charge is -2.24. The Labute approximate surface area is 141 Å². The van der Waals surface area contributed by atoms with Crippen molar-refractivity contribution < 1.29 is 9.59 Å². The average molecular weight is 326 g/mol. The van der Waals surface area contributed by atoms with Gasteiger partial charge >= 0.3 is 0 Å². The van der Waals surface area contributed by atoms with E-state index in [0.717, 1.165) is 11.3 Å². The summed E-state index contributed by atoms with van der Waals surface area (Å²) in [5.41, 5.74) is 2.02. The van der Waals surface area contributed by atoms with Crippen molar-refractivity contribution in [2.45, 2.75) is 38.8 Å². The van der Waals surface area contributed by atoms with Crippen LogP contribution >= 0.6 is 0 Å². The summed E-state index contributed by atoms with van der Waals surface area (Å²) in [6, 6.07) is 7.84. The molecule has 24 heavy (non-hydrogen) atoms. The van der Waals surface area contributed by atoms with Crippen molar-refractivity contribution in [1.82, 2.24) is 14.9 Å². The maximum absolute atomic E-state index is 12.2. The van der Waals surface area contributed by atoms with Crippen LogP contribution in [-0.2, 0) is 22.6 Å². The molecule has 2 aromatic rings. The first-order valence-electron chi connectivity index (χ1n) is 8.25. The number of fused-ring (bicyclic) bond motifs is 1. The van der Waals surface area contributed by atoms with Crippen LogP contribution in [0.5, 0.6) is 0 Å². The summed E-state index contributed by atoms with van der Waals surface area (Å²) in [4.78, 5) is 28.2. The van der Waals surface area contributed by atoms with Gasteiger partial charge in [-0.25, -0.2) is 4.98 Å². The zero-order valence-corrected chi connectivity index (χ0v) is 13.7. The number of anilines is 1. The van der Waals surface area contributed by atoms with Gasteiger partial charge in [0.1, 0.15) is 0 Å². The minimum atomic E-state index is -0.144. The molecule has 0 spiro atoms. The molecule has 2 unspecified atom stereocenters. The molecule has 126 valence electrons. The minimum absolute atomic E-state index is 0.00737. The van der Waals surface area contributed by atoms with Crippen LogP contribution in [0, 0.1) is 5.92 Å². The van der Waals surface area contributed by atoms with Gasteiger partial charge in [-0.15, -0.1) is 0 Å². The van der Waals surface area contributed by atoms with E-state index in [-0.39, 0.29) is 23.8 Å². The lowest BCUT2D eigenvalue weighted by Crippen LogP contribution is -2.36. The van der Waals surface area contributed by atoms with Gasteiger partial charge in [-0.3, -0.25) is 9.59 Å². The van der Waals surface area contributed by atoms with Gasteiger partial charge in [-0.05, 0) is 31.4 Å². The predicted octanol–water partition coefficient (Wildman–Crippen LogP) is 1.98. The van der Waals surface area contributed by atoms with Gasteiger partial charge in [0.25, 0.3) is 0 Å². The fraction of sp³-hybridized carbons (Fsp3) is 0.389. The Kier molecular flexibility index (Phi) is 4.93. The van der Waals surface area contributed by atoms with Gasteiger partial charge in [-0.2, -0.15) is 0 Å². The van der Waals surface area contributed by atoms with Gasteiger partial charge in [0.2, 0.25) is 11.8 Å². The maximum atomic E-state index is 12.2. The van der Waals surface area contributed by atoms with Crippen LogP contribution in [0.15, 0.2) is 43.0 Å². The molecule has 0 bridgehead atoms. The third-order valence-electron chi connectivity index (χ3n) is 4.28. The van der Waals surface area contributed by atoms with Gasteiger partial charge in [0.05, 0.1) is 6.33 Å². The van der Waals surface area contributed by atoms with Crippen molar-refractivity contribution in [3.05, 3.63) is 48.5 Å². The Morgan fingerprint density at radius 3 is 3.08 bits per heavy atom. The zero-order valence-electron chi connectivity index (χ0n) is 13.7. The number of amides is 2. The minimum Gasteiger partial charge on any atom is -0.352 e. The number of para-hydroxylation sites is 1. The number of hydrogen-bond donors (Lipinski definition) is 2. The van der Waals surface area contributed by atoms with E-state index in [1.807, 2.05) is 42.0 Å². The molecule has 6 nitrogen and oxygen atoms in total. The standard InChI is InChI=1S/C18H22N4O2/c1-13(11-22-9-8-19-12-22)20-17(23)7-6-15-10-14-4-2-3-5-16(14)21-18(15)24/h2-5,8-9,12-13,15H,6-7,10-11H2,1H3,(H,20,23)(H,21,24). The van der Waals surface area contributed by atoms with Crippen molar-refractivity contribution in [3.63, 3.8) is 0 Å². The summed E-state index contributed by atoms with van der Waals surface area (Å²) in [6.07, 6.45) is 6.92. The Hall–Kier alpha value is -2.63. The Morgan fingerprint density at radius 2 is 2.29 bits per heavy atom.